The predicted molar refractivity (Wildman–Crippen MR) is 107 cm³/mol. The SMILES string of the molecule is CCOC(=O)c1csc2ncnc(Nc3ccc(N(CC)CC)cc3)c12. The zero-order chi connectivity index (χ0) is 18.5. The number of benzene rings is 1. The van der Waals surface area contributed by atoms with Crippen molar-refractivity contribution < 1.29 is 9.53 Å². The van der Waals surface area contributed by atoms with Gasteiger partial charge >= 0.3 is 5.97 Å². The van der Waals surface area contributed by atoms with Crippen molar-refractivity contribution in [1.29, 1.82) is 0 Å². The summed E-state index contributed by atoms with van der Waals surface area (Å²) < 4.78 is 5.15. The summed E-state index contributed by atoms with van der Waals surface area (Å²) in [5.41, 5.74) is 2.58. The van der Waals surface area contributed by atoms with Gasteiger partial charge in [0.25, 0.3) is 0 Å². The number of nitrogens with zero attached hydrogens (tertiary/aromatic N) is 3. The number of thiophene rings is 1. The average molecular weight is 370 g/mol. The minimum Gasteiger partial charge on any atom is -0.462 e. The van der Waals surface area contributed by atoms with Gasteiger partial charge in [0.15, 0.2) is 0 Å². The number of rotatable bonds is 7. The van der Waals surface area contributed by atoms with Crippen molar-refractivity contribution in [3.8, 4) is 0 Å². The molecule has 2 aromatic heterocycles. The molecule has 0 amide bonds. The van der Waals surface area contributed by atoms with E-state index >= 15 is 0 Å². The Hall–Kier alpha value is -2.67. The number of fused-ring (bicyclic) bond motifs is 1. The molecule has 3 rings (SSSR count). The summed E-state index contributed by atoms with van der Waals surface area (Å²) in [4.78, 5) is 23.8. The van der Waals surface area contributed by atoms with Gasteiger partial charge in [-0.3, -0.25) is 0 Å². The van der Waals surface area contributed by atoms with Crippen molar-refractivity contribution >= 4 is 44.7 Å². The van der Waals surface area contributed by atoms with Crippen molar-refractivity contribution in [1.82, 2.24) is 9.97 Å². The van der Waals surface area contributed by atoms with E-state index in [9.17, 15) is 4.79 Å². The number of carbonyl (C=O) groups is 1. The monoisotopic (exact) mass is 370 g/mol. The lowest BCUT2D eigenvalue weighted by Crippen LogP contribution is -2.21. The van der Waals surface area contributed by atoms with E-state index in [0.717, 1.165) is 23.6 Å². The standard InChI is InChI=1S/C19H22N4O2S/c1-4-23(5-2)14-9-7-13(8-10-14)22-17-16-15(19(24)25-6-3)11-26-18(16)21-12-20-17/h7-12H,4-6H2,1-3H3,(H,20,21,22). The average Bonchev–Trinajstić information content (AvgIpc) is 3.10. The summed E-state index contributed by atoms with van der Waals surface area (Å²) in [6, 6.07) is 8.18. The zero-order valence-corrected chi connectivity index (χ0v) is 16.0. The minimum absolute atomic E-state index is 0.333. The van der Waals surface area contributed by atoms with Gasteiger partial charge < -0.3 is 15.0 Å². The third-order valence-electron chi connectivity index (χ3n) is 4.12. The van der Waals surface area contributed by atoms with Crippen LogP contribution >= 0.6 is 11.3 Å². The van der Waals surface area contributed by atoms with E-state index in [1.54, 1.807) is 12.3 Å². The van der Waals surface area contributed by atoms with Crippen molar-refractivity contribution in [2.45, 2.75) is 20.8 Å². The van der Waals surface area contributed by atoms with Crippen LogP contribution in [0.5, 0.6) is 0 Å². The second-order valence-corrected chi connectivity index (χ2v) is 6.47. The maximum absolute atomic E-state index is 12.2. The largest absolute Gasteiger partial charge is 0.462 e. The topological polar surface area (TPSA) is 67.3 Å². The molecule has 0 fully saturated rings. The van der Waals surface area contributed by atoms with Crippen LogP contribution in [0.25, 0.3) is 10.2 Å². The van der Waals surface area contributed by atoms with Gasteiger partial charge in [-0.25, -0.2) is 14.8 Å². The van der Waals surface area contributed by atoms with Crippen LogP contribution in [-0.2, 0) is 4.74 Å². The fourth-order valence-electron chi connectivity index (χ4n) is 2.81. The predicted octanol–water partition coefficient (Wildman–Crippen LogP) is 4.46. The fraction of sp³-hybridized carbons (Fsp3) is 0.316. The lowest BCUT2D eigenvalue weighted by molar-refractivity contribution is 0.0529. The Morgan fingerprint density at radius 2 is 1.88 bits per heavy atom. The number of carbonyl (C=O) groups excluding carboxylic acids is 1. The highest BCUT2D eigenvalue weighted by atomic mass is 32.1. The number of ether oxygens (including phenoxy) is 1. The molecule has 0 unspecified atom stereocenters. The first kappa shape index (κ1) is 18.1. The Labute approximate surface area is 156 Å². The van der Waals surface area contributed by atoms with E-state index in [-0.39, 0.29) is 5.97 Å². The molecule has 0 bridgehead atoms. The molecule has 26 heavy (non-hydrogen) atoms. The van der Waals surface area contributed by atoms with Crippen LogP contribution < -0.4 is 10.2 Å². The van der Waals surface area contributed by atoms with Crippen LogP contribution in [0.2, 0.25) is 0 Å². The van der Waals surface area contributed by atoms with E-state index in [2.05, 4.69) is 46.2 Å². The second kappa shape index (κ2) is 8.14. The maximum atomic E-state index is 12.2. The van der Waals surface area contributed by atoms with Gasteiger partial charge in [0, 0.05) is 29.8 Å². The summed E-state index contributed by atoms with van der Waals surface area (Å²) in [6.45, 7) is 8.34. The van der Waals surface area contributed by atoms with Crippen LogP contribution in [-0.4, -0.2) is 35.6 Å². The lowest BCUT2D eigenvalue weighted by atomic mass is 10.2. The molecule has 7 heteroatoms. The van der Waals surface area contributed by atoms with Gasteiger partial charge in [-0.2, -0.15) is 0 Å². The van der Waals surface area contributed by atoms with E-state index < -0.39 is 0 Å². The number of anilines is 3. The highest BCUT2D eigenvalue weighted by Crippen LogP contribution is 2.31. The van der Waals surface area contributed by atoms with Crippen LogP contribution in [0, 0.1) is 0 Å². The summed E-state index contributed by atoms with van der Waals surface area (Å²) in [5.74, 6) is 0.253. The highest BCUT2D eigenvalue weighted by molar-refractivity contribution is 7.17. The van der Waals surface area contributed by atoms with Gasteiger partial charge in [0.05, 0.1) is 17.6 Å². The highest BCUT2D eigenvalue weighted by Gasteiger charge is 2.18. The van der Waals surface area contributed by atoms with E-state index in [1.807, 2.05) is 12.1 Å². The number of hydrogen-bond donors (Lipinski definition) is 1. The Balaban J connectivity index is 1.91. The van der Waals surface area contributed by atoms with E-state index in [1.165, 1.54) is 23.4 Å². The van der Waals surface area contributed by atoms with Crippen molar-refractivity contribution in [2.24, 2.45) is 0 Å². The zero-order valence-electron chi connectivity index (χ0n) is 15.2. The van der Waals surface area contributed by atoms with Gasteiger partial charge in [0.1, 0.15) is 17.0 Å². The molecule has 2 heterocycles. The molecule has 0 spiro atoms. The van der Waals surface area contributed by atoms with E-state index in [4.69, 9.17) is 4.74 Å². The minimum atomic E-state index is -0.353. The molecule has 0 saturated heterocycles. The summed E-state index contributed by atoms with van der Waals surface area (Å²) in [6.07, 6.45) is 1.50. The van der Waals surface area contributed by atoms with E-state index in [0.29, 0.717) is 23.4 Å². The number of aromatic nitrogens is 2. The molecule has 136 valence electrons. The van der Waals surface area contributed by atoms with Gasteiger partial charge in [-0.1, -0.05) is 0 Å². The second-order valence-electron chi connectivity index (χ2n) is 5.62. The van der Waals surface area contributed by atoms with Crippen LogP contribution in [0.1, 0.15) is 31.1 Å². The van der Waals surface area contributed by atoms with Crippen molar-refractivity contribution in [3.05, 3.63) is 41.5 Å². The number of nitrogens with one attached hydrogen (secondary N) is 1. The fourth-order valence-corrected chi connectivity index (χ4v) is 3.69. The molecule has 0 atom stereocenters. The molecule has 0 saturated carbocycles. The Bertz CT molecular complexity index is 888. The molecular weight excluding hydrogens is 348 g/mol. The van der Waals surface area contributed by atoms with Crippen molar-refractivity contribution in [2.75, 3.05) is 29.9 Å². The van der Waals surface area contributed by atoms with Gasteiger partial charge in [-0.15, -0.1) is 11.3 Å². The first-order valence-corrected chi connectivity index (χ1v) is 9.57. The first-order chi connectivity index (χ1) is 12.7. The lowest BCUT2D eigenvalue weighted by Gasteiger charge is -2.21. The van der Waals surface area contributed by atoms with Gasteiger partial charge in [-0.05, 0) is 45.0 Å². The molecule has 0 aliphatic rings. The first-order valence-electron chi connectivity index (χ1n) is 8.69. The molecule has 0 aliphatic carbocycles. The van der Waals surface area contributed by atoms with Crippen LogP contribution in [0.15, 0.2) is 36.0 Å². The molecule has 0 aliphatic heterocycles. The molecule has 6 nitrogen and oxygen atoms in total. The Morgan fingerprint density at radius 1 is 1.15 bits per heavy atom. The number of esters is 1. The maximum Gasteiger partial charge on any atom is 0.339 e. The molecule has 1 N–H and O–H groups in total. The van der Waals surface area contributed by atoms with Gasteiger partial charge in [0.2, 0.25) is 0 Å². The molecule has 3 aromatic rings. The molecule has 0 radical (unpaired) electrons. The van der Waals surface area contributed by atoms with Crippen molar-refractivity contribution in [3.63, 3.8) is 0 Å². The molecule has 1 aromatic carbocycles. The normalized spacial score (nSPS) is 10.7. The summed E-state index contributed by atoms with van der Waals surface area (Å²) in [5, 5.41) is 5.77. The smallest absolute Gasteiger partial charge is 0.339 e. The molecular formula is C19H22N4O2S. The Kier molecular flexibility index (Phi) is 5.68. The summed E-state index contributed by atoms with van der Waals surface area (Å²) >= 11 is 1.41. The third-order valence-corrected chi connectivity index (χ3v) is 5.01. The Morgan fingerprint density at radius 3 is 2.54 bits per heavy atom. The van der Waals surface area contributed by atoms with Crippen LogP contribution in [0.4, 0.5) is 17.2 Å². The number of hydrogen-bond acceptors (Lipinski definition) is 7. The summed E-state index contributed by atoms with van der Waals surface area (Å²) in [7, 11) is 0. The quantitative estimate of drug-likeness (QED) is 0.620. The third kappa shape index (κ3) is 3.62. The van der Waals surface area contributed by atoms with Crippen LogP contribution in [0.3, 0.4) is 0 Å².